The molecule has 0 aliphatic heterocycles. The number of thiazole rings is 1. The zero-order valence-electron chi connectivity index (χ0n) is 9.95. The van der Waals surface area contributed by atoms with Crippen LogP contribution in [0.15, 0.2) is 24.3 Å². The molecule has 0 N–H and O–H groups in total. The van der Waals surface area contributed by atoms with E-state index in [1.165, 1.54) is 16.1 Å². The quantitative estimate of drug-likeness (QED) is 0.707. The molecule has 0 spiro atoms. The largest absolute Gasteiger partial charge is 0.241 e. The summed E-state index contributed by atoms with van der Waals surface area (Å²) in [5.41, 5.74) is 1.14. The number of hydrogen-bond donors (Lipinski definition) is 0. The molecule has 0 saturated heterocycles. The van der Waals surface area contributed by atoms with Crippen molar-refractivity contribution < 1.29 is 0 Å². The summed E-state index contributed by atoms with van der Waals surface area (Å²) in [6, 6.07) is 8.33. The van der Waals surface area contributed by atoms with Crippen LogP contribution < -0.4 is 0 Å². The lowest BCUT2D eigenvalue weighted by atomic mass is 10.1. The Hall–Kier alpha value is -0.890. The molecule has 0 fully saturated rings. The molecule has 2 rings (SSSR count). The molecular weight excluding hydrogens is 202 g/mol. The van der Waals surface area contributed by atoms with E-state index in [-0.39, 0.29) is 0 Å². The third-order valence-corrected chi connectivity index (χ3v) is 3.61. The molecule has 0 saturated carbocycles. The Labute approximate surface area is 96.2 Å². The van der Waals surface area contributed by atoms with E-state index in [2.05, 4.69) is 37.0 Å². The van der Waals surface area contributed by atoms with Gasteiger partial charge in [0.1, 0.15) is 0 Å². The van der Waals surface area contributed by atoms with Crippen LogP contribution in [0.5, 0.6) is 0 Å². The van der Waals surface area contributed by atoms with Gasteiger partial charge in [-0.1, -0.05) is 39.8 Å². The highest BCUT2D eigenvalue weighted by atomic mass is 32.1. The van der Waals surface area contributed by atoms with Crippen LogP contribution in [0.25, 0.3) is 10.2 Å². The maximum Gasteiger partial charge on any atom is 0.0966 e. The second kappa shape index (κ2) is 5.86. The second-order valence-electron chi connectivity index (χ2n) is 3.33. The summed E-state index contributed by atoms with van der Waals surface area (Å²) in [7, 11) is 0. The first-order valence-corrected chi connectivity index (χ1v) is 6.48. The van der Waals surface area contributed by atoms with E-state index in [1.54, 1.807) is 0 Å². The first kappa shape index (κ1) is 12.2. The third kappa shape index (κ3) is 2.78. The Morgan fingerprint density at radius 1 is 1.27 bits per heavy atom. The number of nitrogens with zero attached hydrogens (tertiary/aromatic N) is 1. The van der Waals surface area contributed by atoms with Crippen molar-refractivity contribution in [1.82, 2.24) is 4.98 Å². The summed E-state index contributed by atoms with van der Waals surface area (Å²) >= 11 is 1.82. The van der Waals surface area contributed by atoms with Crippen LogP contribution in [0, 0.1) is 0 Å². The van der Waals surface area contributed by atoms with Crippen molar-refractivity contribution >= 4 is 21.6 Å². The molecule has 2 heteroatoms. The van der Waals surface area contributed by atoms with Crippen molar-refractivity contribution in [3.05, 3.63) is 29.3 Å². The number of fused-ring (bicyclic) bond motifs is 1. The molecule has 1 nitrogen and oxygen atoms in total. The fourth-order valence-electron chi connectivity index (χ4n) is 1.28. The highest BCUT2D eigenvalue weighted by Crippen LogP contribution is 2.28. The van der Waals surface area contributed by atoms with Crippen molar-refractivity contribution in [3.8, 4) is 0 Å². The van der Waals surface area contributed by atoms with Gasteiger partial charge in [-0.05, 0) is 18.6 Å². The minimum absolute atomic E-state index is 0.595. The third-order valence-electron chi connectivity index (χ3n) is 2.34. The number of aromatic nitrogens is 1. The number of hydrogen-bond acceptors (Lipinski definition) is 2. The Kier molecular flexibility index (Phi) is 4.76. The van der Waals surface area contributed by atoms with Crippen molar-refractivity contribution in [2.24, 2.45) is 0 Å². The highest BCUT2D eigenvalue weighted by molar-refractivity contribution is 7.18. The van der Waals surface area contributed by atoms with Gasteiger partial charge in [-0.15, -0.1) is 11.3 Å². The molecule has 0 radical (unpaired) electrons. The molecule has 0 bridgehead atoms. The molecule has 1 atom stereocenters. The van der Waals surface area contributed by atoms with Crippen LogP contribution in [0.4, 0.5) is 0 Å². The second-order valence-corrected chi connectivity index (χ2v) is 4.39. The first-order chi connectivity index (χ1) is 7.31. The van der Waals surface area contributed by atoms with Crippen LogP contribution in [0.1, 0.15) is 45.0 Å². The predicted octanol–water partition coefficient (Wildman–Crippen LogP) is 4.84. The lowest BCUT2D eigenvalue weighted by Gasteiger charge is -2.00. The molecule has 0 aliphatic rings. The van der Waals surface area contributed by atoms with Crippen molar-refractivity contribution in [2.75, 3.05) is 0 Å². The van der Waals surface area contributed by atoms with E-state index >= 15 is 0 Å². The Bertz CT molecular complexity index is 373. The fraction of sp³-hybridized carbons (Fsp3) is 0.462. The van der Waals surface area contributed by atoms with Gasteiger partial charge in [0.15, 0.2) is 0 Å². The van der Waals surface area contributed by atoms with Gasteiger partial charge in [-0.25, -0.2) is 4.98 Å². The van der Waals surface area contributed by atoms with Crippen molar-refractivity contribution in [3.63, 3.8) is 0 Å². The van der Waals surface area contributed by atoms with E-state index < -0.39 is 0 Å². The average Bonchev–Trinajstić information content (AvgIpc) is 2.74. The summed E-state index contributed by atoms with van der Waals surface area (Å²) in [5, 5.41) is 1.27. The van der Waals surface area contributed by atoms with E-state index in [0.29, 0.717) is 5.92 Å². The standard InChI is InChI=1S/C11H13NS.C2H6/c1-3-8(2)11-12-9-6-4-5-7-10(9)13-11;1-2/h4-8H,3H2,1-2H3;1-2H3. The highest BCUT2D eigenvalue weighted by Gasteiger charge is 2.08. The molecule has 82 valence electrons. The van der Waals surface area contributed by atoms with Gasteiger partial charge in [0.05, 0.1) is 15.2 Å². The van der Waals surface area contributed by atoms with Crippen LogP contribution in [-0.2, 0) is 0 Å². The molecule has 2 aromatic rings. The maximum atomic E-state index is 4.60. The summed E-state index contributed by atoms with van der Waals surface area (Å²) in [5.74, 6) is 0.595. The molecule has 1 aromatic carbocycles. The Morgan fingerprint density at radius 2 is 1.93 bits per heavy atom. The van der Waals surface area contributed by atoms with Crippen LogP contribution >= 0.6 is 11.3 Å². The first-order valence-electron chi connectivity index (χ1n) is 5.66. The van der Waals surface area contributed by atoms with Crippen LogP contribution in [0.3, 0.4) is 0 Å². The van der Waals surface area contributed by atoms with Gasteiger partial charge in [0, 0.05) is 5.92 Å². The number of rotatable bonds is 2. The zero-order chi connectivity index (χ0) is 11.3. The monoisotopic (exact) mass is 221 g/mol. The molecule has 1 heterocycles. The smallest absolute Gasteiger partial charge is 0.0966 e. The fourth-order valence-corrected chi connectivity index (χ4v) is 2.38. The van der Waals surface area contributed by atoms with Gasteiger partial charge < -0.3 is 0 Å². The SMILES string of the molecule is CC.CCC(C)c1nc2ccccc2s1. The predicted molar refractivity (Wildman–Crippen MR) is 69.7 cm³/mol. The molecule has 0 aliphatic carbocycles. The Morgan fingerprint density at radius 3 is 2.53 bits per heavy atom. The lowest BCUT2D eigenvalue weighted by Crippen LogP contribution is -1.88. The zero-order valence-corrected chi connectivity index (χ0v) is 10.8. The minimum atomic E-state index is 0.595. The van der Waals surface area contributed by atoms with Gasteiger partial charge in [0.2, 0.25) is 0 Å². The normalized spacial score (nSPS) is 12.0. The van der Waals surface area contributed by atoms with Gasteiger partial charge in [-0.2, -0.15) is 0 Å². The van der Waals surface area contributed by atoms with E-state index in [4.69, 9.17) is 0 Å². The summed E-state index contributed by atoms with van der Waals surface area (Å²) < 4.78 is 1.30. The number of para-hydroxylation sites is 1. The van der Waals surface area contributed by atoms with E-state index in [1.807, 2.05) is 31.3 Å². The summed E-state index contributed by atoms with van der Waals surface area (Å²) in [4.78, 5) is 4.60. The van der Waals surface area contributed by atoms with E-state index in [0.717, 1.165) is 5.52 Å². The molecular formula is C13H19NS. The molecule has 1 aromatic heterocycles. The minimum Gasteiger partial charge on any atom is -0.241 e. The Balaban J connectivity index is 0.000000531. The average molecular weight is 221 g/mol. The van der Waals surface area contributed by atoms with Gasteiger partial charge in [-0.3, -0.25) is 0 Å². The van der Waals surface area contributed by atoms with Gasteiger partial charge >= 0.3 is 0 Å². The van der Waals surface area contributed by atoms with E-state index in [9.17, 15) is 0 Å². The van der Waals surface area contributed by atoms with Crippen molar-refractivity contribution in [2.45, 2.75) is 40.0 Å². The summed E-state index contributed by atoms with van der Waals surface area (Å²) in [6.07, 6.45) is 1.17. The van der Waals surface area contributed by atoms with Crippen molar-refractivity contribution in [1.29, 1.82) is 0 Å². The maximum absolute atomic E-state index is 4.60. The topological polar surface area (TPSA) is 12.9 Å². The molecule has 1 unspecified atom stereocenters. The van der Waals surface area contributed by atoms with Crippen LogP contribution in [-0.4, -0.2) is 4.98 Å². The molecule has 15 heavy (non-hydrogen) atoms. The molecule has 0 amide bonds. The number of benzene rings is 1. The lowest BCUT2D eigenvalue weighted by molar-refractivity contribution is 0.729. The summed E-state index contributed by atoms with van der Waals surface area (Å²) in [6.45, 7) is 8.44. The van der Waals surface area contributed by atoms with Gasteiger partial charge in [0.25, 0.3) is 0 Å². The van der Waals surface area contributed by atoms with Crippen LogP contribution in [0.2, 0.25) is 0 Å².